The molecule has 0 saturated heterocycles. The number of rotatable bonds is 18. The summed E-state index contributed by atoms with van der Waals surface area (Å²) in [5.41, 5.74) is 1.71. The highest BCUT2D eigenvalue weighted by molar-refractivity contribution is 5.97. The highest BCUT2D eigenvalue weighted by atomic mass is 16.4. The van der Waals surface area contributed by atoms with Crippen molar-refractivity contribution in [3.05, 3.63) is 34.4 Å². The normalized spacial score (nSPS) is 11.0. The topological polar surface area (TPSA) is 74.6 Å². The second-order valence-electron chi connectivity index (χ2n) is 8.48. The van der Waals surface area contributed by atoms with E-state index in [1.807, 2.05) is 0 Å². The first kappa shape index (κ1) is 26.2. The van der Waals surface area contributed by atoms with E-state index in [0.29, 0.717) is 18.4 Å². The maximum Gasteiger partial charge on any atom is 0.336 e. The van der Waals surface area contributed by atoms with Crippen LogP contribution in [0.1, 0.15) is 136 Å². The highest BCUT2D eigenvalue weighted by Gasteiger charge is 2.21. The zero-order valence-electron chi connectivity index (χ0n) is 19.2. The fraction of sp³-hybridized carbons (Fsp3) is 0.692. The molecule has 0 aromatic heterocycles. The van der Waals surface area contributed by atoms with Crippen molar-refractivity contribution in [2.45, 2.75) is 117 Å². The van der Waals surface area contributed by atoms with Crippen LogP contribution in [-0.2, 0) is 12.8 Å². The molecule has 4 nitrogen and oxygen atoms in total. The number of benzene rings is 1. The van der Waals surface area contributed by atoms with Gasteiger partial charge in [0, 0.05) is 0 Å². The van der Waals surface area contributed by atoms with E-state index in [1.54, 1.807) is 12.1 Å². The molecule has 0 atom stereocenters. The van der Waals surface area contributed by atoms with Gasteiger partial charge in [0.25, 0.3) is 0 Å². The summed E-state index contributed by atoms with van der Waals surface area (Å²) in [5.74, 6) is -2.02. The van der Waals surface area contributed by atoms with Crippen LogP contribution in [0.3, 0.4) is 0 Å². The van der Waals surface area contributed by atoms with E-state index >= 15 is 0 Å². The third-order valence-corrected chi connectivity index (χ3v) is 5.92. The minimum atomic E-state index is -1.03. The van der Waals surface area contributed by atoms with Crippen LogP contribution in [-0.4, -0.2) is 22.2 Å². The van der Waals surface area contributed by atoms with Gasteiger partial charge in [-0.3, -0.25) is 0 Å². The van der Waals surface area contributed by atoms with Gasteiger partial charge >= 0.3 is 11.9 Å². The third kappa shape index (κ3) is 9.77. The van der Waals surface area contributed by atoms with Crippen molar-refractivity contribution in [3.63, 3.8) is 0 Å². The molecular weight excluding hydrogens is 376 g/mol. The van der Waals surface area contributed by atoms with Crippen molar-refractivity contribution in [2.24, 2.45) is 0 Å². The summed E-state index contributed by atoms with van der Waals surface area (Å²) in [4.78, 5) is 23.7. The SMILES string of the molecule is CCCCCCCCCc1ccc(C(=O)O)c(CCCCCCCCC)c1C(=O)O. The first-order valence-corrected chi connectivity index (χ1v) is 12.1. The Bertz CT molecular complexity index is 636. The predicted octanol–water partition coefficient (Wildman–Crippen LogP) is 7.67. The summed E-state index contributed by atoms with van der Waals surface area (Å²) in [7, 11) is 0. The van der Waals surface area contributed by atoms with Crippen molar-refractivity contribution in [1.29, 1.82) is 0 Å². The molecule has 0 fully saturated rings. The number of carbonyl (C=O) groups is 2. The number of hydrogen-bond donors (Lipinski definition) is 2. The zero-order chi connectivity index (χ0) is 22.2. The summed E-state index contributed by atoms with van der Waals surface area (Å²) in [6.07, 6.45) is 17.4. The Morgan fingerprint density at radius 1 is 0.633 bits per heavy atom. The van der Waals surface area contributed by atoms with E-state index in [9.17, 15) is 19.8 Å². The van der Waals surface area contributed by atoms with Gasteiger partial charge in [0.05, 0.1) is 11.1 Å². The molecule has 0 spiro atoms. The lowest BCUT2D eigenvalue weighted by atomic mass is 9.89. The number of aromatic carboxylic acids is 2. The van der Waals surface area contributed by atoms with E-state index in [2.05, 4.69) is 13.8 Å². The van der Waals surface area contributed by atoms with Crippen molar-refractivity contribution >= 4 is 11.9 Å². The standard InChI is InChI=1S/C26H42O4/c1-3-5-7-9-11-13-15-17-21-19-20-23(25(27)28)22(24(21)26(29)30)18-16-14-12-10-8-6-4-2/h19-20H,3-18H2,1-2H3,(H,27,28)(H,29,30). The van der Waals surface area contributed by atoms with Crippen LogP contribution in [0.4, 0.5) is 0 Å². The van der Waals surface area contributed by atoms with Crippen LogP contribution < -0.4 is 0 Å². The average Bonchev–Trinajstić information content (AvgIpc) is 2.71. The lowest BCUT2D eigenvalue weighted by molar-refractivity contribution is 0.0694. The number of unbranched alkanes of at least 4 members (excludes halogenated alkanes) is 12. The van der Waals surface area contributed by atoms with Crippen molar-refractivity contribution in [1.82, 2.24) is 0 Å². The lowest BCUT2D eigenvalue weighted by Gasteiger charge is -2.15. The number of carboxylic acids is 2. The van der Waals surface area contributed by atoms with Crippen LogP contribution in [0, 0.1) is 0 Å². The largest absolute Gasteiger partial charge is 0.478 e. The van der Waals surface area contributed by atoms with Crippen molar-refractivity contribution in [2.75, 3.05) is 0 Å². The average molecular weight is 419 g/mol. The number of carboxylic acid groups (broad SMARTS) is 2. The Hall–Kier alpha value is -1.84. The molecule has 0 aliphatic rings. The highest BCUT2D eigenvalue weighted by Crippen LogP contribution is 2.25. The summed E-state index contributed by atoms with van der Waals surface area (Å²) >= 11 is 0. The Kier molecular flexibility index (Phi) is 13.9. The van der Waals surface area contributed by atoms with Gasteiger partial charge in [-0.1, -0.05) is 97.0 Å². The molecule has 0 unspecified atom stereocenters. The van der Waals surface area contributed by atoms with Gasteiger partial charge in [-0.25, -0.2) is 9.59 Å². The van der Waals surface area contributed by atoms with E-state index < -0.39 is 11.9 Å². The van der Waals surface area contributed by atoms with Gasteiger partial charge in [0.15, 0.2) is 0 Å². The monoisotopic (exact) mass is 418 g/mol. The van der Waals surface area contributed by atoms with E-state index in [4.69, 9.17) is 0 Å². The summed E-state index contributed by atoms with van der Waals surface area (Å²) < 4.78 is 0. The van der Waals surface area contributed by atoms with Gasteiger partial charge in [0.2, 0.25) is 0 Å². The molecule has 30 heavy (non-hydrogen) atoms. The molecule has 2 N–H and O–H groups in total. The first-order chi connectivity index (χ1) is 14.5. The zero-order valence-corrected chi connectivity index (χ0v) is 19.2. The van der Waals surface area contributed by atoms with Crippen molar-refractivity contribution in [3.8, 4) is 0 Å². The molecule has 1 aromatic rings. The van der Waals surface area contributed by atoms with Crippen molar-refractivity contribution < 1.29 is 19.8 Å². The maximum absolute atomic E-state index is 12.0. The van der Waals surface area contributed by atoms with E-state index in [0.717, 1.165) is 37.7 Å². The van der Waals surface area contributed by atoms with Crippen LogP contribution in [0.25, 0.3) is 0 Å². The molecule has 0 bridgehead atoms. The lowest BCUT2D eigenvalue weighted by Crippen LogP contribution is -2.13. The third-order valence-electron chi connectivity index (χ3n) is 5.92. The Balaban J connectivity index is 2.74. The molecule has 0 radical (unpaired) electrons. The molecule has 1 aromatic carbocycles. The summed E-state index contributed by atoms with van der Waals surface area (Å²) in [6.45, 7) is 4.40. The molecule has 0 heterocycles. The first-order valence-electron chi connectivity index (χ1n) is 12.1. The van der Waals surface area contributed by atoms with E-state index in [-0.39, 0.29) is 11.1 Å². The fourth-order valence-electron chi connectivity index (χ4n) is 4.16. The van der Waals surface area contributed by atoms with Gasteiger partial charge in [-0.2, -0.15) is 0 Å². The Labute approximate surface area is 183 Å². The van der Waals surface area contributed by atoms with Crippen LogP contribution in [0.5, 0.6) is 0 Å². The summed E-state index contributed by atoms with van der Waals surface area (Å²) in [6, 6.07) is 3.33. The molecule has 4 heteroatoms. The smallest absolute Gasteiger partial charge is 0.336 e. The van der Waals surface area contributed by atoms with Gasteiger partial charge in [-0.15, -0.1) is 0 Å². The number of hydrogen-bond acceptors (Lipinski definition) is 2. The molecule has 0 amide bonds. The summed E-state index contributed by atoms with van der Waals surface area (Å²) in [5, 5.41) is 19.4. The Morgan fingerprint density at radius 3 is 1.57 bits per heavy atom. The molecule has 0 saturated carbocycles. The van der Waals surface area contributed by atoms with E-state index in [1.165, 1.54) is 57.8 Å². The van der Waals surface area contributed by atoms with Crippen LogP contribution >= 0.6 is 0 Å². The van der Waals surface area contributed by atoms with Crippen LogP contribution in [0.15, 0.2) is 12.1 Å². The molecule has 0 aliphatic carbocycles. The minimum Gasteiger partial charge on any atom is -0.478 e. The fourth-order valence-corrected chi connectivity index (χ4v) is 4.16. The quantitative estimate of drug-likeness (QED) is 0.240. The molecule has 170 valence electrons. The molecule has 1 rings (SSSR count). The van der Waals surface area contributed by atoms with Gasteiger partial charge < -0.3 is 10.2 Å². The second kappa shape index (κ2) is 15.9. The van der Waals surface area contributed by atoms with Crippen LogP contribution in [0.2, 0.25) is 0 Å². The Morgan fingerprint density at radius 2 is 1.10 bits per heavy atom. The molecular formula is C26H42O4. The van der Waals surface area contributed by atoms with Gasteiger partial charge in [-0.05, 0) is 42.9 Å². The maximum atomic E-state index is 12.0. The second-order valence-corrected chi connectivity index (χ2v) is 8.48. The minimum absolute atomic E-state index is 0.154. The van der Waals surface area contributed by atoms with Gasteiger partial charge in [0.1, 0.15) is 0 Å². The number of aryl methyl sites for hydroxylation is 1. The predicted molar refractivity (Wildman–Crippen MR) is 124 cm³/mol. The molecule has 0 aliphatic heterocycles.